The molecule has 150 valence electrons. The molecule has 5 atom stereocenters. The summed E-state index contributed by atoms with van der Waals surface area (Å²) in [6, 6.07) is 8.84. The summed E-state index contributed by atoms with van der Waals surface area (Å²) in [4.78, 5) is 25.1. The van der Waals surface area contributed by atoms with Crippen LogP contribution in [0.4, 0.5) is 0 Å². The van der Waals surface area contributed by atoms with Gasteiger partial charge in [0.15, 0.2) is 0 Å². The van der Waals surface area contributed by atoms with Gasteiger partial charge < -0.3 is 16.4 Å². The summed E-state index contributed by atoms with van der Waals surface area (Å²) in [5.74, 6) is 1.44. The largest absolute Gasteiger partial charge is 0.353 e. The molecule has 0 spiro atoms. The molecule has 5 nitrogen and oxygen atoms in total. The average Bonchev–Trinajstić information content (AvgIpc) is 2.64. The van der Waals surface area contributed by atoms with E-state index in [2.05, 4.69) is 31.4 Å². The van der Waals surface area contributed by atoms with E-state index in [9.17, 15) is 9.59 Å². The zero-order valence-electron chi connectivity index (χ0n) is 17.1. The number of nitrogens with two attached hydrogens (primary N) is 1. The second-order valence-corrected chi connectivity index (χ2v) is 8.44. The van der Waals surface area contributed by atoms with Crippen molar-refractivity contribution in [2.75, 3.05) is 6.54 Å². The molecule has 1 fully saturated rings. The maximum Gasteiger partial charge on any atom is 0.237 e. The summed E-state index contributed by atoms with van der Waals surface area (Å²) < 4.78 is 0. The second-order valence-electron chi connectivity index (χ2n) is 8.44. The first kappa shape index (κ1) is 21.4. The summed E-state index contributed by atoms with van der Waals surface area (Å²) >= 11 is 0. The lowest BCUT2D eigenvalue weighted by Gasteiger charge is -2.36. The van der Waals surface area contributed by atoms with E-state index in [0.717, 1.165) is 18.4 Å². The molecule has 5 heteroatoms. The molecule has 1 aromatic rings. The van der Waals surface area contributed by atoms with Crippen molar-refractivity contribution < 1.29 is 9.59 Å². The minimum Gasteiger partial charge on any atom is -0.353 e. The Morgan fingerprint density at radius 2 is 1.81 bits per heavy atom. The molecule has 1 saturated carbocycles. The van der Waals surface area contributed by atoms with Crippen LogP contribution in [0, 0.1) is 23.7 Å². The van der Waals surface area contributed by atoms with Gasteiger partial charge in [0.2, 0.25) is 11.8 Å². The lowest BCUT2D eigenvalue weighted by Crippen LogP contribution is -2.46. The first-order chi connectivity index (χ1) is 12.8. The standard InChI is InChI=1S/C22H35N3O2/c1-14(2)18-11-10-15(3)12-19(18)22(27)24-13-20(25-21(26)16(4)23)17-8-6-5-7-9-17/h5-9,14-16,18-20H,10-13,23H2,1-4H3,(H,24,27)(H,25,26)/t15-,16?,18+,19-,20?/m1/s1. The fraction of sp³-hybridized carbons (Fsp3) is 0.636. The third kappa shape index (κ3) is 6.06. The lowest BCUT2D eigenvalue weighted by atomic mass is 9.70. The Hall–Kier alpha value is -1.88. The van der Waals surface area contributed by atoms with E-state index in [1.807, 2.05) is 30.3 Å². The van der Waals surface area contributed by atoms with Gasteiger partial charge in [-0.25, -0.2) is 0 Å². The number of nitrogens with one attached hydrogen (secondary N) is 2. The number of hydrogen-bond acceptors (Lipinski definition) is 3. The molecule has 0 aliphatic heterocycles. The van der Waals surface area contributed by atoms with Gasteiger partial charge in [0.05, 0.1) is 12.1 Å². The van der Waals surface area contributed by atoms with E-state index in [-0.39, 0.29) is 23.8 Å². The predicted molar refractivity (Wildman–Crippen MR) is 109 cm³/mol. The number of benzene rings is 1. The van der Waals surface area contributed by atoms with Crippen molar-refractivity contribution in [3.8, 4) is 0 Å². The maximum atomic E-state index is 13.0. The summed E-state index contributed by atoms with van der Waals surface area (Å²) in [6.07, 6.45) is 3.25. The van der Waals surface area contributed by atoms with Crippen LogP contribution < -0.4 is 16.4 Å². The van der Waals surface area contributed by atoms with Crippen LogP contribution in [0.2, 0.25) is 0 Å². The SMILES string of the molecule is CC(N)C(=O)NC(CNC(=O)[C@@H]1C[C@H](C)CC[C@H]1C(C)C)c1ccccc1. The molecular weight excluding hydrogens is 338 g/mol. The van der Waals surface area contributed by atoms with Crippen LogP contribution in [0.3, 0.4) is 0 Å². The second kappa shape index (κ2) is 9.88. The summed E-state index contributed by atoms with van der Waals surface area (Å²) in [6.45, 7) is 8.67. The quantitative estimate of drug-likeness (QED) is 0.687. The van der Waals surface area contributed by atoms with Crippen LogP contribution in [0.1, 0.15) is 58.6 Å². The van der Waals surface area contributed by atoms with E-state index in [1.165, 1.54) is 6.42 Å². The molecule has 0 bridgehead atoms. The highest BCUT2D eigenvalue weighted by atomic mass is 16.2. The van der Waals surface area contributed by atoms with Gasteiger partial charge in [0, 0.05) is 12.5 Å². The van der Waals surface area contributed by atoms with E-state index < -0.39 is 6.04 Å². The molecule has 1 aliphatic carbocycles. The Kier molecular flexibility index (Phi) is 7.84. The van der Waals surface area contributed by atoms with Gasteiger partial charge in [-0.1, -0.05) is 57.5 Å². The Morgan fingerprint density at radius 1 is 1.15 bits per heavy atom. The van der Waals surface area contributed by atoms with Gasteiger partial charge in [0.25, 0.3) is 0 Å². The Balaban J connectivity index is 2.06. The molecule has 2 amide bonds. The fourth-order valence-electron chi connectivity index (χ4n) is 4.08. The lowest BCUT2D eigenvalue weighted by molar-refractivity contribution is -0.130. The predicted octanol–water partition coefficient (Wildman–Crippen LogP) is 3.02. The zero-order valence-corrected chi connectivity index (χ0v) is 17.1. The summed E-state index contributed by atoms with van der Waals surface area (Å²) in [7, 11) is 0. The Labute approximate surface area is 163 Å². The molecule has 0 heterocycles. The van der Waals surface area contributed by atoms with Crippen LogP contribution in [0.5, 0.6) is 0 Å². The molecular formula is C22H35N3O2. The highest BCUT2D eigenvalue weighted by Gasteiger charge is 2.35. The number of amides is 2. The third-order valence-electron chi connectivity index (χ3n) is 5.77. The van der Waals surface area contributed by atoms with Crippen molar-refractivity contribution in [1.29, 1.82) is 0 Å². The van der Waals surface area contributed by atoms with Crippen molar-refractivity contribution in [3.63, 3.8) is 0 Å². The smallest absolute Gasteiger partial charge is 0.237 e. The van der Waals surface area contributed by atoms with Gasteiger partial charge in [-0.15, -0.1) is 0 Å². The van der Waals surface area contributed by atoms with Crippen LogP contribution in [-0.2, 0) is 9.59 Å². The molecule has 27 heavy (non-hydrogen) atoms. The Morgan fingerprint density at radius 3 is 2.41 bits per heavy atom. The van der Waals surface area contributed by atoms with Crippen LogP contribution >= 0.6 is 0 Å². The molecule has 2 rings (SSSR count). The number of carbonyl (C=O) groups is 2. The van der Waals surface area contributed by atoms with Crippen molar-refractivity contribution in [2.45, 2.75) is 59.0 Å². The van der Waals surface area contributed by atoms with Crippen LogP contribution in [0.15, 0.2) is 30.3 Å². The van der Waals surface area contributed by atoms with E-state index in [1.54, 1.807) is 6.92 Å². The van der Waals surface area contributed by atoms with Crippen molar-refractivity contribution in [3.05, 3.63) is 35.9 Å². The first-order valence-corrected chi connectivity index (χ1v) is 10.2. The minimum atomic E-state index is -0.587. The number of hydrogen-bond donors (Lipinski definition) is 3. The summed E-state index contributed by atoms with van der Waals surface area (Å²) in [5.41, 5.74) is 6.66. The third-order valence-corrected chi connectivity index (χ3v) is 5.77. The molecule has 0 saturated heterocycles. The molecule has 4 N–H and O–H groups in total. The Bertz CT molecular complexity index is 615. The average molecular weight is 374 g/mol. The monoisotopic (exact) mass is 373 g/mol. The van der Waals surface area contributed by atoms with E-state index >= 15 is 0 Å². The minimum absolute atomic E-state index is 0.0503. The van der Waals surface area contributed by atoms with E-state index in [0.29, 0.717) is 24.3 Å². The van der Waals surface area contributed by atoms with Crippen molar-refractivity contribution in [1.82, 2.24) is 10.6 Å². The van der Waals surface area contributed by atoms with Gasteiger partial charge >= 0.3 is 0 Å². The zero-order chi connectivity index (χ0) is 20.0. The van der Waals surface area contributed by atoms with Gasteiger partial charge in [-0.3, -0.25) is 9.59 Å². The first-order valence-electron chi connectivity index (χ1n) is 10.2. The summed E-state index contributed by atoms with van der Waals surface area (Å²) in [5, 5.41) is 6.06. The van der Waals surface area contributed by atoms with Gasteiger partial charge in [0.1, 0.15) is 0 Å². The normalized spacial score (nSPS) is 24.9. The molecule has 2 unspecified atom stereocenters. The molecule has 1 aliphatic rings. The van der Waals surface area contributed by atoms with Crippen molar-refractivity contribution >= 4 is 11.8 Å². The number of rotatable bonds is 7. The molecule has 0 aromatic heterocycles. The topological polar surface area (TPSA) is 84.2 Å². The van der Waals surface area contributed by atoms with Crippen molar-refractivity contribution in [2.24, 2.45) is 29.4 Å². The maximum absolute atomic E-state index is 13.0. The number of carbonyl (C=O) groups excluding carboxylic acids is 2. The molecule has 0 radical (unpaired) electrons. The van der Waals surface area contributed by atoms with E-state index in [4.69, 9.17) is 5.73 Å². The fourth-order valence-corrected chi connectivity index (χ4v) is 4.08. The van der Waals surface area contributed by atoms with Gasteiger partial charge in [-0.2, -0.15) is 0 Å². The highest BCUT2D eigenvalue weighted by Crippen LogP contribution is 2.38. The van der Waals surface area contributed by atoms with Gasteiger partial charge in [-0.05, 0) is 43.1 Å². The highest BCUT2D eigenvalue weighted by molar-refractivity contribution is 5.82. The van der Waals surface area contributed by atoms with Crippen LogP contribution in [0.25, 0.3) is 0 Å². The molecule has 1 aromatic carbocycles. The van der Waals surface area contributed by atoms with Crippen LogP contribution in [-0.4, -0.2) is 24.4 Å².